The summed E-state index contributed by atoms with van der Waals surface area (Å²) in [6.45, 7) is 4.65. The lowest BCUT2D eigenvalue weighted by Gasteiger charge is -2.46. The molecule has 3 atom stereocenters. The molecule has 1 aliphatic heterocycles. The zero-order valence-corrected chi connectivity index (χ0v) is 20.2. The van der Waals surface area contributed by atoms with Gasteiger partial charge in [-0.25, -0.2) is 0 Å². The van der Waals surface area contributed by atoms with Crippen LogP contribution in [0.1, 0.15) is 80.3 Å². The van der Waals surface area contributed by atoms with Gasteiger partial charge in [0.25, 0.3) is 0 Å². The van der Waals surface area contributed by atoms with Crippen molar-refractivity contribution in [3.05, 3.63) is 70.8 Å². The van der Waals surface area contributed by atoms with Gasteiger partial charge in [-0.15, -0.1) is 0 Å². The van der Waals surface area contributed by atoms with Gasteiger partial charge in [-0.2, -0.15) is 26.3 Å². The molecule has 0 aromatic heterocycles. The van der Waals surface area contributed by atoms with Gasteiger partial charge >= 0.3 is 18.3 Å². The van der Waals surface area contributed by atoms with Crippen molar-refractivity contribution in [3.8, 4) is 0 Å². The Balaban J connectivity index is 2.05. The summed E-state index contributed by atoms with van der Waals surface area (Å²) in [5.74, 6) is -1.01. The molecule has 1 N–H and O–H groups in total. The second-order valence-electron chi connectivity index (χ2n) is 9.91. The molecule has 36 heavy (non-hydrogen) atoms. The number of halogens is 6. The predicted molar refractivity (Wildman–Crippen MR) is 124 cm³/mol. The van der Waals surface area contributed by atoms with Crippen molar-refractivity contribution in [3.63, 3.8) is 0 Å². The highest BCUT2D eigenvalue weighted by Gasteiger charge is 2.39. The smallest absolute Gasteiger partial charge is 0.416 e. The van der Waals surface area contributed by atoms with Crippen LogP contribution in [0.3, 0.4) is 0 Å². The molecule has 0 aliphatic carbocycles. The highest BCUT2D eigenvalue weighted by molar-refractivity contribution is 5.67. The third-order valence-electron chi connectivity index (χ3n) is 6.85. The number of aliphatic carboxylic acids is 1. The van der Waals surface area contributed by atoms with E-state index in [1.54, 1.807) is 0 Å². The maximum absolute atomic E-state index is 13.2. The Labute approximate surface area is 207 Å². The number of carboxylic acids is 1. The molecule has 1 aliphatic rings. The van der Waals surface area contributed by atoms with E-state index in [1.165, 1.54) is 24.3 Å². The fourth-order valence-electron chi connectivity index (χ4n) is 5.13. The molecule has 3 nitrogen and oxygen atoms in total. The highest BCUT2D eigenvalue weighted by Crippen LogP contribution is 2.45. The first-order chi connectivity index (χ1) is 16.8. The normalized spacial score (nSPS) is 20.5. The number of alkyl halides is 6. The third kappa shape index (κ3) is 7.02. The van der Waals surface area contributed by atoms with Crippen molar-refractivity contribution in [2.45, 2.75) is 70.4 Å². The predicted octanol–water partition coefficient (Wildman–Crippen LogP) is 8.13. The van der Waals surface area contributed by atoms with Gasteiger partial charge in [0.1, 0.15) is 0 Å². The lowest BCUT2D eigenvalue weighted by Crippen LogP contribution is -2.42. The maximum atomic E-state index is 13.2. The van der Waals surface area contributed by atoms with Gasteiger partial charge in [-0.1, -0.05) is 38.1 Å². The minimum absolute atomic E-state index is 0.147. The van der Waals surface area contributed by atoms with Crippen molar-refractivity contribution < 1.29 is 36.2 Å². The monoisotopic (exact) mass is 515 g/mol. The minimum atomic E-state index is -4.49. The summed E-state index contributed by atoms with van der Waals surface area (Å²) >= 11 is 0. The Morgan fingerprint density at radius 2 is 1.44 bits per heavy atom. The van der Waals surface area contributed by atoms with E-state index >= 15 is 0 Å². The van der Waals surface area contributed by atoms with E-state index in [2.05, 4.69) is 4.90 Å². The zero-order chi connectivity index (χ0) is 26.7. The van der Waals surface area contributed by atoms with Crippen LogP contribution >= 0.6 is 0 Å². The van der Waals surface area contributed by atoms with Crippen LogP contribution in [-0.2, 0) is 17.1 Å². The van der Waals surface area contributed by atoms with Crippen LogP contribution in [-0.4, -0.2) is 22.5 Å². The van der Waals surface area contributed by atoms with Crippen LogP contribution < -0.4 is 0 Å². The molecular weight excluding hydrogens is 484 g/mol. The summed E-state index contributed by atoms with van der Waals surface area (Å²) in [7, 11) is 0. The van der Waals surface area contributed by atoms with Gasteiger partial charge in [0.05, 0.1) is 11.1 Å². The number of benzene rings is 2. The van der Waals surface area contributed by atoms with E-state index < -0.39 is 35.5 Å². The summed E-state index contributed by atoms with van der Waals surface area (Å²) in [5, 5.41) is 9.53. The Morgan fingerprint density at radius 1 is 0.917 bits per heavy atom. The van der Waals surface area contributed by atoms with Crippen molar-refractivity contribution in [1.82, 2.24) is 4.90 Å². The number of nitrogens with zero attached hydrogens (tertiary/aromatic N) is 1. The number of hydrogen-bond donors (Lipinski definition) is 1. The largest absolute Gasteiger partial charge is 0.481 e. The Hall–Kier alpha value is -2.55. The summed E-state index contributed by atoms with van der Waals surface area (Å²) in [6.07, 6.45) is -6.42. The minimum Gasteiger partial charge on any atom is -0.481 e. The van der Waals surface area contributed by atoms with Crippen LogP contribution in [0.25, 0.3) is 0 Å². The number of rotatable bonds is 8. The first-order valence-electron chi connectivity index (χ1n) is 12.1. The quantitative estimate of drug-likeness (QED) is 0.361. The lowest BCUT2D eigenvalue weighted by atomic mass is 9.80. The van der Waals surface area contributed by atoms with Crippen LogP contribution in [0.5, 0.6) is 0 Å². The molecule has 1 saturated heterocycles. The molecule has 2 aromatic rings. The fourth-order valence-corrected chi connectivity index (χ4v) is 5.13. The molecule has 9 heteroatoms. The second-order valence-corrected chi connectivity index (χ2v) is 9.91. The Bertz CT molecular complexity index is 999. The first kappa shape index (κ1) is 28.0. The molecule has 0 radical (unpaired) electrons. The van der Waals surface area contributed by atoms with Crippen LogP contribution in [0.4, 0.5) is 26.3 Å². The number of piperidine rings is 1. The molecule has 3 rings (SSSR count). The average molecular weight is 516 g/mol. The highest BCUT2D eigenvalue weighted by atomic mass is 19.4. The van der Waals surface area contributed by atoms with E-state index in [4.69, 9.17) is 0 Å². The van der Waals surface area contributed by atoms with Crippen molar-refractivity contribution in [2.75, 3.05) is 6.54 Å². The molecular formula is C27H31F6NO2. The number of carboxylic acid groups (broad SMARTS) is 1. The van der Waals surface area contributed by atoms with E-state index in [9.17, 15) is 36.2 Å². The van der Waals surface area contributed by atoms with Gasteiger partial charge < -0.3 is 5.11 Å². The summed E-state index contributed by atoms with van der Waals surface area (Å²) < 4.78 is 79.0. The average Bonchev–Trinajstić information content (AvgIpc) is 2.78. The molecule has 0 saturated carbocycles. The molecule has 0 amide bonds. The molecule has 0 spiro atoms. The third-order valence-corrected chi connectivity index (χ3v) is 6.85. The van der Waals surface area contributed by atoms with Crippen molar-refractivity contribution >= 4 is 5.97 Å². The lowest BCUT2D eigenvalue weighted by molar-refractivity contribution is -0.139. The van der Waals surface area contributed by atoms with Gasteiger partial charge in [-0.3, -0.25) is 9.69 Å². The van der Waals surface area contributed by atoms with Crippen molar-refractivity contribution in [2.24, 2.45) is 11.8 Å². The Morgan fingerprint density at radius 3 is 1.92 bits per heavy atom. The molecule has 1 heterocycles. The molecule has 0 bridgehead atoms. The second kappa shape index (κ2) is 11.2. The first-order valence-corrected chi connectivity index (χ1v) is 12.1. The van der Waals surface area contributed by atoms with Gasteiger partial charge in [0, 0.05) is 18.5 Å². The molecule has 198 valence electrons. The number of hydrogen-bond acceptors (Lipinski definition) is 2. The van der Waals surface area contributed by atoms with Crippen LogP contribution in [0, 0.1) is 11.8 Å². The topological polar surface area (TPSA) is 40.5 Å². The van der Waals surface area contributed by atoms with E-state index in [-0.39, 0.29) is 18.4 Å². The van der Waals surface area contributed by atoms with E-state index in [0.717, 1.165) is 30.7 Å². The van der Waals surface area contributed by atoms with E-state index in [0.29, 0.717) is 42.9 Å². The molecule has 2 aromatic carbocycles. The number of carbonyl (C=O) groups is 1. The molecule has 1 unspecified atom stereocenters. The van der Waals surface area contributed by atoms with Crippen LogP contribution in [0.15, 0.2) is 48.5 Å². The summed E-state index contributed by atoms with van der Waals surface area (Å²) in [5.41, 5.74) is -0.287. The van der Waals surface area contributed by atoms with Gasteiger partial charge in [0.15, 0.2) is 0 Å². The van der Waals surface area contributed by atoms with Crippen LogP contribution in [0.2, 0.25) is 0 Å². The number of likely N-dealkylation sites (tertiary alicyclic amines) is 1. The summed E-state index contributed by atoms with van der Waals surface area (Å²) in [4.78, 5) is 13.7. The van der Waals surface area contributed by atoms with Gasteiger partial charge in [-0.05, 0) is 79.5 Å². The van der Waals surface area contributed by atoms with E-state index in [1.807, 2.05) is 13.8 Å². The fraction of sp³-hybridized carbons (Fsp3) is 0.519. The Kier molecular flexibility index (Phi) is 8.75. The standard InChI is InChI=1S/C27H31F6NO2/c1-17(2)5-14-23(18-6-10-21(11-7-18)26(28,29)30)34-15-3-4-20(16-24(35)36)25(34)19-8-12-22(13-9-19)27(31,32)33/h6-13,17,20,23,25H,3-5,14-16H2,1-2H3,(H,35,36)/t20-,23?,25-/m0/s1. The zero-order valence-electron chi connectivity index (χ0n) is 20.2. The summed E-state index contributed by atoms with van der Waals surface area (Å²) in [6, 6.07) is 9.02. The SMILES string of the molecule is CC(C)CCC(c1ccc(C(F)(F)F)cc1)N1CCC[C@@H](CC(=O)O)[C@@H]1c1ccc(C(F)(F)F)cc1. The van der Waals surface area contributed by atoms with Gasteiger partial charge in [0.2, 0.25) is 0 Å². The molecule has 1 fully saturated rings. The maximum Gasteiger partial charge on any atom is 0.416 e. The van der Waals surface area contributed by atoms with Crippen molar-refractivity contribution in [1.29, 1.82) is 0 Å².